The summed E-state index contributed by atoms with van der Waals surface area (Å²) in [5, 5.41) is 15.7. The molecule has 3 aromatic heterocycles. The van der Waals surface area contributed by atoms with E-state index < -0.39 is 10.5 Å². The molecule has 0 amide bonds. The number of nitrogens with zero attached hydrogens (tertiary/aromatic N) is 6. The second-order valence-corrected chi connectivity index (χ2v) is 7.57. The number of aromatic nitrogens is 5. The number of carbonyl (C=O) groups excluding carboxylic acids is 1. The van der Waals surface area contributed by atoms with Crippen molar-refractivity contribution in [1.29, 1.82) is 0 Å². The predicted octanol–water partition coefficient (Wildman–Crippen LogP) is 2.44. The Morgan fingerprint density at radius 1 is 1.24 bits per heavy atom. The molecule has 0 aliphatic heterocycles. The normalized spacial score (nSPS) is 11.2. The minimum atomic E-state index is -0.522. The lowest BCUT2D eigenvalue weighted by atomic mass is 10.1. The largest absolute Gasteiger partial charge is 0.383 e. The van der Waals surface area contributed by atoms with Gasteiger partial charge >= 0.3 is 0 Å². The first-order chi connectivity index (χ1) is 15.8. The highest BCUT2D eigenvalue weighted by atomic mass is 16.6. The molecule has 170 valence electrons. The highest BCUT2D eigenvalue weighted by Crippen LogP contribution is 2.24. The van der Waals surface area contributed by atoms with Gasteiger partial charge in [0.1, 0.15) is 17.4 Å². The van der Waals surface area contributed by atoms with Crippen LogP contribution < -0.4 is 5.56 Å². The summed E-state index contributed by atoms with van der Waals surface area (Å²) in [6, 6.07) is 7.87. The van der Waals surface area contributed by atoms with Crippen LogP contribution in [0, 0.1) is 24.0 Å². The van der Waals surface area contributed by atoms with E-state index in [0.29, 0.717) is 18.7 Å². The Morgan fingerprint density at radius 2 is 2.00 bits per heavy atom. The van der Waals surface area contributed by atoms with E-state index in [-0.39, 0.29) is 34.7 Å². The zero-order valence-electron chi connectivity index (χ0n) is 18.4. The van der Waals surface area contributed by atoms with Crippen molar-refractivity contribution in [2.24, 2.45) is 0 Å². The summed E-state index contributed by atoms with van der Waals surface area (Å²) in [5.41, 5.74) is 2.03. The first kappa shape index (κ1) is 22.1. The van der Waals surface area contributed by atoms with E-state index in [0.717, 1.165) is 11.4 Å². The second-order valence-electron chi connectivity index (χ2n) is 7.57. The number of hydrogen-bond acceptors (Lipinski definition) is 7. The Bertz CT molecular complexity index is 1430. The summed E-state index contributed by atoms with van der Waals surface area (Å²) in [6.07, 6.45) is 2.57. The molecule has 4 aromatic rings. The fraction of sp³-hybridized carbons (Fsp3) is 0.273. The quantitative estimate of drug-likeness (QED) is 0.229. The van der Waals surface area contributed by atoms with Crippen molar-refractivity contribution in [3.05, 3.63) is 80.3 Å². The maximum Gasteiger partial charge on any atom is 0.294 e. The third-order valence-electron chi connectivity index (χ3n) is 5.57. The standard InChI is InChI=1S/C22H22N6O5/c1-14-10-16(15(2)26(14)8-9-33-3)20(29)12-25-13-23-21-17(22(25)30)11-24-27(21)18-6-4-5-7-19(18)28(31)32/h4-7,10-11,13H,8-9,12H2,1-3H3. The lowest BCUT2D eigenvalue weighted by Gasteiger charge is -2.09. The molecule has 33 heavy (non-hydrogen) atoms. The first-order valence-corrected chi connectivity index (χ1v) is 10.2. The van der Waals surface area contributed by atoms with Gasteiger partial charge in [0.2, 0.25) is 0 Å². The highest BCUT2D eigenvalue weighted by Gasteiger charge is 2.21. The summed E-state index contributed by atoms with van der Waals surface area (Å²) >= 11 is 0. The van der Waals surface area contributed by atoms with Crippen molar-refractivity contribution < 1.29 is 14.5 Å². The Morgan fingerprint density at radius 3 is 2.73 bits per heavy atom. The number of hydrogen-bond donors (Lipinski definition) is 0. The topological polar surface area (TPSA) is 127 Å². The number of benzene rings is 1. The lowest BCUT2D eigenvalue weighted by Crippen LogP contribution is -2.25. The highest BCUT2D eigenvalue weighted by molar-refractivity contribution is 5.97. The third-order valence-corrected chi connectivity index (χ3v) is 5.57. The minimum absolute atomic E-state index is 0.160. The van der Waals surface area contributed by atoms with Gasteiger partial charge in [-0.15, -0.1) is 0 Å². The summed E-state index contributed by atoms with van der Waals surface area (Å²) in [6.45, 7) is 4.73. The third kappa shape index (κ3) is 3.94. The van der Waals surface area contributed by atoms with Gasteiger partial charge < -0.3 is 9.30 Å². The molecule has 0 saturated carbocycles. The zero-order valence-corrected chi connectivity index (χ0v) is 18.4. The Balaban J connectivity index is 1.68. The maximum atomic E-state index is 13.0. The van der Waals surface area contributed by atoms with E-state index in [1.54, 1.807) is 25.3 Å². The molecule has 0 N–H and O–H groups in total. The van der Waals surface area contributed by atoms with Crippen molar-refractivity contribution in [3.8, 4) is 5.69 Å². The zero-order chi connectivity index (χ0) is 23.7. The number of para-hydroxylation sites is 2. The summed E-state index contributed by atoms with van der Waals surface area (Å²) < 4.78 is 9.60. The Kier molecular flexibility index (Phi) is 5.88. The molecule has 0 radical (unpaired) electrons. The molecule has 11 heteroatoms. The molecule has 0 atom stereocenters. The van der Waals surface area contributed by atoms with Gasteiger partial charge in [0.05, 0.1) is 24.3 Å². The van der Waals surface area contributed by atoms with Gasteiger partial charge in [-0.3, -0.25) is 24.3 Å². The fourth-order valence-corrected chi connectivity index (χ4v) is 3.89. The predicted molar refractivity (Wildman–Crippen MR) is 120 cm³/mol. The van der Waals surface area contributed by atoms with Gasteiger partial charge in [-0.1, -0.05) is 12.1 Å². The molecule has 1 aromatic carbocycles. The Hall–Kier alpha value is -4.12. The molecule has 0 bridgehead atoms. The van der Waals surface area contributed by atoms with Gasteiger partial charge in [-0.25, -0.2) is 9.67 Å². The molecular formula is C22H22N6O5. The van der Waals surface area contributed by atoms with Crippen molar-refractivity contribution >= 4 is 22.5 Å². The number of ketones is 1. The van der Waals surface area contributed by atoms with Gasteiger partial charge in [-0.05, 0) is 26.0 Å². The van der Waals surface area contributed by atoms with Crippen LogP contribution in [0.15, 0.2) is 47.7 Å². The summed E-state index contributed by atoms with van der Waals surface area (Å²) in [5.74, 6) is -0.221. The van der Waals surface area contributed by atoms with Crippen LogP contribution >= 0.6 is 0 Å². The average Bonchev–Trinajstić information content (AvgIpc) is 3.35. The number of nitro benzene ring substituents is 1. The van der Waals surface area contributed by atoms with E-state index in [4.69, 9.17) is 4.74 Å². The van der Waals surface area contributed by atoms with Crippen molar-refractivity contribution in [2.75, 3.05) is 13.7 Å². The summed E-state index contributed by atoms with van der Waals surface area (Å²) in [7, 11) is 1.62. The smallest absolute Gasteiger partial charge is 0.294 e. The lowest BCUT2D eigenvalue weighted by molar-refractivity contribution is -0.384. The van der Waals surface area contributed by atoms with Crippen molar-refractivity contribution in [3.63, 3.8) is 0 Å². The number of nitro groups is 1. The van der Waals surface area contributed by atoms with E-state index >= 15 is 0 Å². The number of aryl methyl sites for hydroxylation is 1. The molecule has 3 heterocycles. The fourth-order valence-electron chi connectivity index (χ4n) is 3.89. The van der Waals surface area contributed by atoms with E-state index in [1.807, 2.05) is 18.4 Å². The van der Waals surface area contributed by atoms with Crippen LogP contribution in [0.25, 0.3) is 16.7 Å². The van der Waals surface area contributed by atoms with Gasteiger partial charge in [0, 0.05) is 36.7 Å². The van der Waals surface area contributed by atoms with Crippen LogP contribution in [0.4, 0.5) is 5.69 Å². The molecule has 4 rings (SSSR count). The summed E-state index contributed by atoms with van der Waals surface area (Å²) in [4.78, 5) is 41.1. The first-order valence-electron chi connectivity index (χ1n) is 10.2. The monoisotopic (exact) mass is 450 g/mol. The van der Waals surface area contributed by atoms with E-state index in [2.05, 4.69) is 10.1 Å². The molecule has 0 spiro atoms. The van der Waals surface area contributed by atoms with Crippen molar-refractivity contribution in [1.82, 2.24) is 23.9 Å². The molecule has 0 aliphatic carbocycles. The van der Waals surface area contributed by atoms with Gasteiger partial charge in [0.25, 0.3) is 11.2 Å². The molecular weight excluding hydrogens is 428 g/mol. The van der Waals surface area contributed by atoms with Crippen LogP contribution in [0.3, 0.4) is 0 Å². The van der Waals surface area contributed by atoms with Crippen molar-refractivity contribution in [2.45, 2.75) is 26.9 Å². The molecule has 11 nitrogen and oxygen atoms in total. The van der Waals surface area contributed by atoms with Crippen LogP contribution in [0.2, 0.25) is 0 Å². The molecule has 0 aliphatic rings. The van der Waals surface area contributed by atoms with Gasteiger partial charge in [-0.2, -0.15) is 5.10 Å². The Labute approximate surface area is 188 Å². The number of carbonyl (C=O) groups is 1. The average molecular weight is 450 g/mol. The number of Topliss-reactive ketones (excluding diaryl/α,β-unsaturated/α-hetero) is 1. The van der Waals surface area contributed by atoms with E-state index in [1.165, 1.54) is 33.9 Å². The van der Waals surface area contributed by atoms with E-state index in [9.17, 15) is 19.7 Å². The maximum absolute atomic E-state index is 13.0. The number of ether oxygens (including phenoxy) is 1. The van der Waals surface area contributed by atoms with Crippen LogP contribution in [-0.2, 0) is 17.8 Å². The number of fused-ring (bicyclic) bond motifs is 1. The van der Waals surface area contributed by atoms with Crippen LogP contribution in [-0.4, -0.2) is 48.3 Å². The van der Waals surface area contributed by atoms with Crippen LogP contribution in [0.1, 0.15) is 21.7 Å². The molecule has 0 saturated heterocycles. The number of methoxy groups -OCH3 is 1. The van der Waals surface area contributed by atoms with Gasteiger partial charge in [0.15, 0.2) is 11.4 Å². The minimum Gasteiger partial charge on any atom is -0.383 e. The van der Waals surface area contributed by atoms with Crippen LogP contribution in [0.5, 0.6) is 0 Å². The second kappa shape index (κ2) is 8.79. The number of rotatable bonds is 8. The molecule has 0 unspecified atom stereocenters. The SMILES string of the molecule is COCCn1c(C)cc(C(=O)Cn2cnc3c(cnn3-c3ccccc3[N+](=O)[O-])c2=O)c1C. The molecule has 0 fully saturated rings.